The van der Waals surface area contributed by atoms with Crippen LogP contribution < -0.4 is 4.74 Å². The van der Waals surface area contributed by atoms with Gasteiger partial charge in [-0.15, -0.1) is 0 Å². The summed E-state index contributed by atoms with van der Waals surface area (Å²) in [6.45, 7) is 1.62. The molecule has 0 unspecified atom stereocenters. The summed E-state index contributed by atoms with van der Waals surface area (Å²) in [5.74, 6) is 3.48. The van der Waals surface area contributed by atoms with E-state index in [0.717, 1.165) is 24.2 Å². The van der Waals surface area contributed by atoms with E-state index < -0.39 is 0 Å². The average molecular weight is 250 g/mol. The number of ether oxygens (including phenoxy) is 1. The van der Waals surface area contributed by atoms with Gasteiger partial charge in [-0.25, -0.2) is 0 Å². The van der Waals surface area contributed by atoms with Crippen LogP contribution in [-0.4, -0.2) is 23.4 Å². The van der Waals surface area contributed by atoms with Crippen LogP contribution in [0.15, 0.2) is 24.3 Å². The lowest BCUT2D eigenvalue weighted by Gasteiger charge is -2.22. The third-order valence-corrected chi connectivity index (χ3v) is 3.87. The molecule has 0 aliphatic carbocycles. The minimum absolute atomic E-state index is 0.191. The van der Waals surface area contributed by atoms with Crippen molar-refractivity contribution in [3.8, 4) is 5.75 Å². The van der Waals surface area contributed by atoms with E-state index in [0.29, 0.717) is 12.5 Å². The number of hydrogen-bond donors (Lipinski definition) is 0. The van der Waals surface area contributed by atoms with Crippen LogP contribution in [0.3, 0.4) is 0 Å². The second-order valence-corrected chi connectivity index (χ2v) is 5.68. The lowest BCUT2D eigenvalue weighted by molar-refractivity contribution is -0.116. The van der Waals surface area contributed by atoms with Crippen LogP contribution in [0.4, 0.5) is 0 Å². The van der Waals surface area contributed by atoms with Gasteiger partial charge in [-0.2, -0.15) is 11.8 Å². The van der Waals surface area contributed by atoms with Gasteiger partial charge in [0.2, 0.25) is 0 Å². The van der Waals surface area contributed by atoms with Gasteiger partial charge in [-0.05, 0) is 49.0 Å². The highest BCUT2D eigenvalue weighted by Crippen LogP contribution is 2.23. The van der Waals surface area contributed by atoms with Crippen molar-refractivity contribution in [1.82, 2.24) is 0 Å². The second-order valence-electron chi connectivity index (χ2n) is 4.46. The molecule has 0 bridgehead atoms. The molecule has 17 heavy (non-hydrogen) atoms. The SMILES string of the molecule is CC(=O)Cc1cccc(OC2CCSCC2)c1. The topological polar surface area (TPSA) is 26.3 Å². The molecule has 2 nitrogen and oxygen atoms in total. The van der Waals surface area contributed by atoms with E-state index in [1.165, 1.54) is 11.5 Å². The summed E-state index contributed by atoms with van der Waals surface area (Å²) in [6, 6.07) is 7.91. The lowest BCUT2D eigenvalue weighted by Crippen LogP contribution is -2.22. The van der Waals surface area contributed by atoms with Gasteiger partial charge < -0.3 is 4.74 Å². The van der Waals surface area contributed by atoms with Gasteiger partial charge in [-0.1, -0.05) is 12.1 Å². The highest BCUT2D eigenvalue weighted by atomic mass is 32.2. The molecule has 2 rings (SSSR count). The first kappa shape index (κ1) is 12.5. The molecular formula is C14H18O2S. The third kappa shape index (κ3) is 4.08. The number of Topliss-reactive ketones (excluding diaryl/α,β-unsaturated/α-hetero) is 1. The molecule has 92 valence electrons. The van der Waals surface area contributed by atoms with Crippen LogP contribution in [-0.2, 0) is 11.2 Å². The highest BCUT2D eigenvalue weighted by molar-refractivity contribution is 7.99. The Morgan fingerprint density at radius 2 is 2.18 bits per heavy atom. The Balaban J connectivity index is 1.97. The predicted octanol–water partition coefficient (Wildman–Crippen LogP) is 3.09. The van der Waals surface area contributed by atoms with Crippen LogP contribution in [0, 0.1) is 0 Å². The van der Waals surface area contributed by atoms with E-state index in [-0.39, 0.29) is 5.78 Å². The molecular weight excluding hydrogens is 232 g/mol. The highest BCUT2D eigenvalue weighted by Gasteiger charge is 2.15. The monoisotopic (exact) mass is 250 g/mol. The molecule has 0 N–H and O–H groups in total. The largest absolute Gasteiger partial charge is 0.490 e. The van der Waals surface area contributed by atoms with Gasteiger partial charge in [0.15, 0.2) is 0 Å². The van der Waals surface area contributed by atoms with Crippen molar-refractivity contribution in [2.24, 2.45) is 0 Å². The normalized spacial score (nSPS) is 16.8. The number of rotatable bonds is 4. The van der Waals surface area contributed by atoms with Gasteiger partial charge in [0.1, 0.15) is 17.6 Å². The molecule has 0 radical (unpaired) electrons. The Hall–Kier alpha value is -0.960. The van der Waals surface area contributed by atoms with Crippen LogP contribution in [0.5, 0.6) is 5.75 Å². The Kier molecular flexibility index (Phi) is 4.49. The molecule has 1 aromatic rings. The molecule has 0 amide bonds. The van der Waals surface area contributed by atoms with E-state index >= 15 is 0 Å². The van der Waals surface area contributed by atoms with Gasteiger partial charge in [0.05, 0.1) is 0 Å². The summed E-state index contributed by atoms with van der Waals surface area (Å²) in [4.78, 5) is 11.1. The van der Waals surface area contributed by atoms with Crippen molar-refractivity contribution in [3.05, 3.63) is 29.8 Å². The van der Waals surface area contributed by atoms with Crippen molar-refractivity contribution >= 4 is 17.5 Å². The summed E-state index contributed by atoms with van der Waals surface area (Å²) >= 11 is 2.00. The van der Waals surface area contributed by atoms with Crippen molar-refractivity contribution in [2.45, 2.75) is 32.3 Å². The Morgan fingerprint density at radius 3 is 2.88 bits per heavy atom. The van der Waals surface area contributed by atoms with Crippen LogP contribution >= 0.6 is 11.8 Å². The van der Waals surface area contributed by atoms with E-state index in [4.69, 9.17) is 4.74 Å². The van der Waals surface area contributed by atoms with E-state index in [2.05, 4.69) is 0 Å². The molecule has 1 aromatic carbocycles. The van der Waals surface area contributed by atoms with E-state index in [1.807, 2.05) is 36.0 Å². The molecule has 1 heterocycles. The van der Waals surface area contributed by atoms with Crippen LogP contribution in [0.2, 0.25) is 0 Å². The minimum atomic E-state index is 0.191. The standard InChI is InChI=1S/C14H18O2S/c1-11(15)9-12-3-2-4-14(10-12)16-13-5-7-17-8-6-13/h2-4,10,13H,5-9H2,1H3. The van der Waals surface area contributed by atoms with Gasteiger partial charge in [0, 0.05) is 6.42 Å². The lowest BCUT2D eigenvalue weighted by atomic mass is 10.1. The molecule has 0 aromatic heterocycles. The average Bonchev–Trinajstić information content (AvgIpc) is 2.30. The van der Waals surface area contributed by atoms with Crippen molar-refractivity contribution in [1.29, 1.82) is 0 Å². The number of carbonyl (C=O) groups excluding carboxylic acids is 1. The van der Waals surface area contributed by atoms with Gasteiger partial charge >= 0.3 is 0 Å². The summed E-state index contributed by atoms with van der Waals surface area (Å²) in [7, 11) is 0. The number of carbonyl (C=O) groups is 1. The maximum atomic E-state index is 11.1. The van der Waals surface area contributed by atoms with Gasteiger partial charge in [-0.3, -0.25) is 4.79 Å². The Bertz CT molecular complexity index is 384. The van der Waals surface area contributed by atoms with E-state index in [1.54, 1.807) is 6.92 Å². The maximum absolute atomic E-state index is 11.1. The van der Waals surface area contributed by atoms with Crippen molar-refractivity contribution in [2.75, 3.05) is 11.5 Å². The first-order valence-electron chi connectivity index (χ1n) is 6.07. The van der Waals surface area contributed by atoms with E-state index in [9.17, 15) is 4.79 Å². The van der Waals surface area contributed by atoms with Crippen molar-refractivity contribution < 1.29 is 9.53 Å². The predicted molar refractivity (Wildman–Crippen MR) is 71.8 cm³/mol. The summed E-state index contributed by atoms with van der Waals surface area (Å²) < 4.78 is 5.95. The minimum Gasteiger partial charge on any atom is -0.490 e. The Labute approximate surface area is 107 Å². The molecule has 0 atom stereocenters. The molecule has 1 fully saturated rings. The molecule has 1 saturated heterocycles. The molecule has 1 aliphatic rings. The second kappa shape index (κ2) is 6.10. The number of ketones is 1. The molecule has 0 saturated carbocycles. The molecule has 0 spiro atoms. The quantitative estimate of drug-likeness (QED) is 0.821. The zero-order valence-electron chi connectivity index (χ0n) is 10.1. The fourth-order valence-corrected chi connectivity index (χ4v) is 3.07. The number of hydrogen-bond acceptors (Lipinski definition) is 3. The first-order chi connectivity index (χ1) is 8.24. The summed E-state index contributed by atoms with van der Waals surface area (Å²) in [5.41, 5.74) is 1.04. The summed E-state index contributed by atoms with van der Waals surface area (Å²) in [5, 5.41) is 0. The Morgan fingerprint density at radius 1 is 1.41 bits per heavy atom. The summed E-state index contributed by atoms with van der Waals surface area (Å²) in [6.07, 6.45) is 3.10. The maximum Gasteiger partial charge on any atom is 0.134 e. The van der Waals surface area contributed by atoms with Gasteiger partial charge in [0.25, 0.3) is 0 Å². The third-order valence-electron chi connectivity index (χ3n) is 2.82. The fraction of sp³-hybridized carbons (Fsp3) is 0.500. The smallest absolute Gasteiger partial charge is 0.134 e. The molecule has 1 aliphatic heterocycles. The molecule has 3 heteroatoms. The first-order valence-corrected chi connectivity index (χ1v) is 7.22. The fourth-order valence-electron chi connectivity index (χ4n) is 2.00. The number of thioether (sulfide) groups is 1. The number of benzene rings is 1. The zero-order valence-corrected chi connectivity index (χ0v) is 11.0. The van der Waals surface area contributed by atoms with Crippen LogP contribution in [0.25, 0.3) is 0 Å². The zero-order chi connectivity index (χ0) is 12.1. The van der Waals surface area contributed by atoms with Crippen molar-refractivity contribution in [3.63, 3.8) is 0 Å². The van der Waals surface area contributed by atoms with Crippen LogP contribution in [0.1, 0.15) is 25.3 Å².